The zero-order valence-corrected chi connectivity index (χ0v) is 13.2. The predicted molar refractivity (Wildman–Crippen MR) is 83.9 cm³/mol. The average molecular weight is 308 g/mol. The predicted octanol–water partition coefficient (Wildman–Crippen LogP) is 0.149. The highest BCUT2D eigenvalue weighted by Crippen LogP contribution is 2.21. The minimum absolute atomic E-state index is 0.0413. The molecular formula is C15H24N4O3. The van der Waals surface area contributed by atoms with Crippen molar-refractivity contribution in [2.24, 2.45) is 13.0 Å². The molecule has 0 spiro atoms. The molecule has 1 N–H and O–H groups in total. The first kappa shape index (κ1) is 16.5. The smallest absolute Gasteiger partial charge is 0.268 e. The first-order chi connectivity index (χ1) is 10.6. The summed E-state index contributed by atoms with van der Waals surface area (Å²) in [6, 6.07) is 1.58. The minimum atomic E-state index is -0.136. The van der Waals surface area contributed by atoms with E-state index >= 15 is 0 Å². The summed E-state index contributed by atoms with van der Waals surface area (Å²) in [6.45, 7) is 2.76. The van der Waals surface area contributed by atoms with Gasteiger partial charge in [-0.1, -0.05) is 0 Å². The molecule has 1 atom stereocenters. The van der Waals surface area contributed by atoms with Crippen molar-refractivity contribution in [3.8, 4) is 0 Å². The first-order valence-electron chi connectivity index (χ1n) is 7.67. The van der Waals surface area contributed by atoms with E-state index in [-0.39, 0.29) is 17.4 Å². The normalized spacial score (nSPS) is 18.3. The number of nitrogens with zero attached hydrogens (tertiary/aromatic N) is 3. The van der Waals surface area contributed by atoms with Gasteiger partial charge in [-0.25, -0.2) is 4.68 Å². The van der Waals surface area contributed by atoms with Crippen LogP contribution in [0.1, 0.15) is 19.3 Å². The molecule has 2 heterocycles. The van der Waals surface area contributed by atoms with Crippen LogP contribution in [-0.4, -0.2) is 49.0 Å². The highest BCUT2D eigenvalue weighted by atomic mass is 16.5. The van der Waals surface area contributed by atoms with Gasteiger partial charge in [0.15, 0.2) is 0 Å². The Hall–Kier alpha value is -1.89. The van der Waals surface area contributed by atoms with Gasteiger partial charge in [0.25, 0.3) is 5.56 Å². The summed E-state index contributed by atoms with van der Waals surface area (Å²) >= 11 is 0. The zero-order chi connectivity index (χ0) is 15.9. The fraction of sp³-hybridized carbons (Fsp3) is 0.667. The summed E-state index contributed by atoms with van der Waals surface area (Å²) in [4.78, 5) is 25.9. The molecule has 0 aliphatic carbocycles. The molecule has 1 saturated heterocycles. The summed E-state index contributed by atoms with van der Waals surface area (Å²) in [5, 5.41) is 6.99. The summed E-state index contributed by atoms with van der Waals surface area (Å²) in [6.07, 6.45) is 4.31. The number of anilines is 1. The number of aryl methyl sites for hydroxylation is 1. The summed E-state index contributed by atoms with van der Waals surface area (Å²) in [7, 11) is 3.28. The van der Waals surface area contributed by atoms with Gasteiger partial charge in [0.1, 0.15) is 0 Å². The van der Waals surface area contributed by atoms with Crippen molar-refractivity contribution in [1.29, 1.82) is 0 Å². The van der Waals surface area contributed by atoms with Crippen LogP contribution in [0.15, 0.2) is 17.1 Å². The number of hydrogen-bond acceptors (Lipinski definition) is 5. The molecule has 7 heteroatoms. The molecule has 1 aliphatic heterocycles. The molecule has 2 rings (SSSR count). The van der Waals surface area contributed by atoms with Gasteiger partial charge in [0.05, 0.1) is 17.8 Å². The third-order valence-electron chi connectivity index (χ3n) is 3.94. The molecule has 1 aromatic rings. The number of nitrogens with one attached hydrogen (secondary N) is 1. The van der Waals surface area contributed by atoms with Crippen LogP contribution in [0.25, 0.3) is 0 Å². The lowest BCUT2D eigenvalue weighted by Crippen LogP contribution is -2.43. The van der Waals surface area contributed by atoms with E-state index in [0.717, 1.165) is 31.5 Å². The topological polar surface area (TPSA) is 76.5 Å². The van der Waals surface area contributed by atoms with Crippen molar-refractivity contribution >= 4 is 11.6 Å². The molecule has 0 bridgehead atoms. The lowest BCUT2D eigenvalue weighted by molar-refractivity contribution is -0.125. The van der Waals surface area contributed by atoms with Gasteiger partial charge >= 0.3 is 0 Å². The van der Waals surface area contributed by atoms with Gasteiger partial charge in [-0.05, 0) is 19.3 Å². The zero-order valence-electron chi connectivity index (χ0n) is 13.2. The molecule has 122 valence electrons. The van der Waals surface area contributed by atoms with E-state index in [4.69, 9.17) is 4.74 Å². The Balaban J connectivity index is 1.92. The summed E-state index contributed by atoms with van der Waals surface area (Å²) < 4.78 is 6.27. The molecule has 1 aromatic heterocycles. The highest BCUT2D eigenvalue weighted by Gasteiger charge is 2.26. The van der Waals surface area contributed by atoms with E-state index in [1.165, 1.54) is 4.68 Å². The Kier molecular flexibility index (Phi) is 5.94. The Bertz CT molecular complexity index is 558. The van der Waals surface area contributed by atoms with Crippen LogP contribution in [0.3, 0.4) is 0 Å². The lowest BCUT2D eigenvalue weighted by atomic mass is 9.97. The minimum Gasteiger partial charge on any atom is -0.385 e. The van der Waals surface area contributed by atoms with Crippen molar-refractivity contribution in [3.05, 3.63) is 22.6 Å². The number of ether oxygens (including phenoxy) is 1. The Morgan fingerprint density at radius 3 is 3.09 bits per heavy atom. The molecule has 1 aliphatic rings. The first-order valence-corrected chi connectivity index (χ1v) is 7.67. The molecule has 0 saturated carbocycles. The van der Waals surface area contributed by atoms with Crippen molar-refractivity contribution in [3.63, 3.8) is 0 Å². The quantitative estimate of drug-likeness (QED) is 0.757. The van der Waals surface area contributed by atoms with Crippen LogP contribution < -0.4 is 15.8 Å². The molecule has 7 nitrogen and oxygen atoms in total. The molecule has 1 amide bonds. The molecule has 1 fully saturated rings. The molecule has 0 radical (unpaired) electrons. The maximum Gasteiger partial charge on any atom is 0.268 e. The van der Waals surface area contributed by atoms with E-state index < -0.39 is 0 Å². The number of aromatic nitrogens is 2. The van der Waals surface area contributed by atoms with E-state index in [9.17, 15) is 9.59 Å². The fourth-order valence-corrected chi connectivity index (χ4v) is 2.63. The maximum absolute atomic E-state index is 12.2. The largest absolute Gasteiger partial charge is 0.385 e. The number of rotatable bonds is 6. The number of amides is 1. The molecule has 0 aromatic carbocycles. The third-order valence-corrected chi connectivity index (χ3v) is 3.94. The Labute approximate surface area is 130 Å². The molecule has 1 unspecified atom stereocenters. The SMILES string of the molecule is COCCCNC(=O)C1CCCN(c2cnn(C)c(=O)c2)C1. The van der Waals surface area contributed by atoms with E-state index in [1.54, 1.807) is 26.4 Å². The van der Waals surface area contributed by atoms with E-state index in [1.807, 2.05) is 0 Å². The van der Waals surface area contributed by atoms with Crippen LogP contribution >= 0.6 is 0 Å². The number of hydrogen-bond donors (Lipinski definition) is 1. The Morgan fingerprint density at radius 1 is 1.55 bits per heavy atom. The van der Waals surface area contributed by atoms with Crippen LogP contribution in [-0.2, 0) is 16.6 Å². The van der Waals surface area contributed by atoms with Crippen LogP contribution in [0.5, 0.6) is 0 Å². The standard InChI is InChI=1S/C15H24N4O3/c1-18-14(20)9-13(10-17-18)19-7-3-5-12(11-19)15(21)16-6-4-8-22-2/h9-10,12H,3-8,11H2,1-2H3,(H,16,21). The lowest BCUT2D eigenvalue weighted by Gasteiger charge is -2.33. The molecular weight excluding hydrogens is 284 g/mol. The van der Waals surface area contributed by atoms with Crippen molar-refractivity contribution in [2.75, 3.05) is 38.3 Å². The summed E-state index contributed by atoms with van der Waals surface area (Å²) in [5.41, 5.74) is 0.656. The monoisotopic (exact) mass is 308 g/mol. The number of carbonyl (C=O) groups is 1. The second-order valence-electron chi connectivity index (χ2n) is 5.60. The van der Waals surface area contributed by atoms with Gasteiger partial charge in [-0.2, -0.15) is 5.10 Å². The van der Waals surface area contributed by atoms with Crippen molar-refractivity contribution in [1.82, 2.24) is 15.1 Å². The van der Waals surface area contributed by atoms with Gasteiger partial charge < -0.3 is 15.0 Å². The maximum atomic E-state index is 12.2. The van der Waals surface area contributed by atoms with Gasteiger partial charge in [0, 0.05) is 46.5 Å². The van der Waals surface area contributed by atoms with Crippen LogP contribution in [0.4, 0.5) is 5.69 Å². The second kappa shape index (κ2) is 7.93. The van der Waals surface area contributed by atoms with E-state index in [2.05, 4.69) is 15.3 Å². The third kappa shape index (κ3) is 4.30. The summed E-state index contributed by atoms with van der Waals surface area (Å²) in [5.74, 6) is 0.0398. The van der Waals surface area contributed by atoms with Gasteiger partial charge in [0.2, 0.25) is 5.91 Å². The van der Waals surface area contributed by atoms with Gasteiger partial charge in [-0.15, -0.1) is 0 Å². The Morgan fingerprint density at radius 2 is 2.36 bits per heavy atom. The van der Waals surface area contributed by atoms with Gasteiger partial charge in [-0.3, -0.25) is 9.59 Å². The van der Waals surface area contributed by atoms with Crippen LogP contribution in [0, 0.1) is 5.92 Å². The van der Waals surface area contributed by atoms with Crippen molar-refractivity contribution < 1.29 is 9.53 Å². The fourth-order valence-electron chi connectivity index (χ4n) is 2.63. The highest BCUT2D eigenvalue weighted by molar-refractivity contribution is 5.79. The number of carbonyl (C=O) groups excluding carboxylic acids is 1. The van der Waals surface area contributed by atoms with E-state index in [0.29, 0.717) is 19.7 Å². The number of methoxy groups -OCH3 is 1. The van der Waals surface area contributed by atoms with Crippen molar-refractivity contribution in [2.45, 2.75) is 19.3 Å². The molecule has 22 heavy (non-hydrogen) atoms. The second-order valence-corrected chi connectivity index (χ2v) is 5.60. The number of piperidine rings is 1. The average Bonchev–Trinajstić information content (AvgIpc) is 2.54. The van der Waals surface area contributed by atoms with Crippen LogP contribution in [0.2, 0.25) is 0 Å².